The Morgan fingerprint density at radius 1 is 0.921 bits per heavy atom. The Labute approximate surface area is 220 Å². The number of benzene rings is 3. The van der Waals surface area contributed by atoms with E-state index in [4.69, 9.17) is 9.47 Å². The quantitative estimate of drug-likeness (QED) is 0.393. The number of methoxy groups -OCH3 is 1. The number of carbonyl (C=O) groups is 2. The zero-order chi connectivity index (χ0) is 28.3. The number of sulfone groups is 1. The lowest BCUT2D eigenvalue weighted by molar-refractivity contribution is -0.148. The van der Waals surface area contributed by atoms with Crippen LogP contribution >= 0.6 is 0 Å². The third-order valence-electron chi connectivity index (χ3n) is 5.66. The zero-order valence-corrected chi connectivity index (χ0v) is 22.5. The van der Waals surface area contributed by atoms with Crippen molar-refractivity contribution in [3.8, 4) is 11.1 Å². The Hall–Kier alpha value is -3.79. The highest BCUT2D eigenvalue weighted by Gasteiger charge is 2.39. The standard InChI is InChI=1S/C28H29F2NO6S/c1-27(2,3)37-26(33)31-28(4,25(32)36-5)20-8-6-7-18(15-20)17-38(34,35)22-12-9-19(10-13-22)23-14-11-21(29)16-24(23)30/h6-16H,17H2,1-5H3,(H,31,33). The minimum Gasteiger partial charge on any atom is -0.467 e. The Morgan fingerprint density at radius 3 is 2.16 bits per heavy atom. The van der Waals surface area contributed by atoms with Gasteiger partial charge in [0.1, 0.15) is 17.2 Å². The largest absolute Gasteiger partial charge is 0.467 e. The van der Waals surface area contributed by atoms with Crippen LogP contribution < -0.4 is 5.32 Å². The Balaban J connectivity index is 1.88. The fourth-order valence-corrected chi connectivity index (χ4v) is 5.13. The maximum Gasteiger partial charge on any atom is 0.408 e. The zero-order valence-electron chi connectivity index (χ0n) is 21.7. The topological polar surface area (TPSA) is 98.8 Å². The number of hydrogen-bond donors (Lipinski definition) is 1. The van der Waals surface area contributed by atoms with Crippen LogP contribution in [-0.4, -0.2) is 33.2 Å². The van der Waals surface area contributed by atoms with E-state index < -0.39 is 50.4 Å². The van der Waals surface area contributed by atoms with Crippen LogP contribution in [0.5, 0.6) is 0 Å². The predicted molar refractivity (Wildman–Crippen MR) is 138 cm³/mol. The molecule has 0 bridgehead atoms. The second-order valence-corrected chi connectivity index (χ2v) is 11.8. The Morgan fingerprint density at radius 2 is 1.58 bits per heavy atom. The monoisotopic (exact) mass is 545 g/mol. The molecule has 202 valence electrons. The highest BCUT2D eigenvalue weighted by molar-refractivity contribution is 7.90. The lowest BCUT2D eigenvalue weighted by Gasteiger charge is -2.30. The van der Waals surface area contributed by atoms with Crippen LogP contribution in [0.4, 0.5) is 13.6 Å². The molecule has 0 aliphatic rings. The number of esters is 1. The van der Waals surface area contributed by atoms with Crippen LogP contribution in [0.3, 0.4) is 0 Å². The molecule has 7 nitrogen and oxygen atoms in total. The molecule has 1 atom stereocenters. The lowest BCUT2D eigenvalue weighted by Crippen LogP contribution is -2.51. The van der Waals surface area contributed by atoms with E-state index in [1.165, 1.54) is 50.4 Å². The normalized spacial score (nSPS) is 13.3. The van der Waals surface area contributed by atoms with Crippen LogP contribution in [-0.2, 0) is 35.4 Å². The summed E-state index contributed by atoms with van der Waals surface area (Å²) >= 11 is 0. The summed E-state index contributed by atoms with van der Waals surface area (Å²) in [6.45, 7) is 6.46. The lowest BCUT2D eigenvalue weighted by atomic mass is 9.91. The summed E-state index contributed by atoms with van der Waals surface area (Å²) in [5.74, 6) is -2.65. The van der Waals surface area contributed by atoms with Crippen molar-refractivity contribution in [1.29, 1.82) is 0 Å². The van der Waals surface area contributed by atoms with Gasteiger partial charge in [-0.3, -0.25) is 0 Å². The van der Waals surface area contributed by atoms with Crippen molar-refractivity contribution in [1.82, 2.24) is 5.32 Å². The molecule has 3 aromatic carbocycles. The molecule has 0 radical (unpaired) electrons. The molecule has 0 fully saturated rings. The van der Waals surface area contributed by atoms with Crippen LogP contribution in [0.1, 0.15) is 38.8 Å². The van der Waals surface area contributed by atoms with E-state index in [1.54, 1.807) is 39.0 Å². The number of hydrogen-bond acceptors (Lipinski definition) is 6. The van der Waals surface area contributed by atoms with E-state index in [-0.39, 0.29) is 10.5 Å². The van der Waals surface area contributed by atoms with Gasteiger partial charge >= 0.3 is 12.1 Å². The molecule has 1 N–H and O–H groups in total. The Bertz CT molecular complexity index is 1450. The molecular formula is C28H29F2NO6S. The second kappa shape index (κ2) is 10.9. The SMILES string of the molecule is COC(=O)C(C)(NC(=O)OC(C)(C)C)c1cccc(CS(=O)(=O)c2ccc(-c3ccc(F)cc3F)cc2)c1. The van der Waals surface area contributed by atoms with E-state index in [0.29, 0.717) is 16.7 Å². The predicted octanol–water partition coefficient (Wildman–Crippen LogP) is 5.52. The van der Waals surface area contributed by atoms with Crippen LogP contribution in [0.2, 0.25) is 0 Å². The van der Waals surface area contributed by atoms with Gasteiger partial charge in [0, 0.05) is 11.6 Å². The van der Waals surface area contributed by atoms with Crippen molar-refractivity contribution in [3.63, 3.8) is 0 Å². The third kappa shape index (κ3) is 6.74. The van der Waals surface area contributed by atoms with Gasteiger partial charge in [-0.25, -0.2) is 26.8 Å². The van der Waals surface area contributed by atoms with Gasteiger partial charge in [-0.1, -0.05) is 36.4 Å². The number of rotatable bonds is 7. The molecule has 1 amide bonds. The number of amides is 1. The first kappa shape index (κ1) is 28.8. The molecule has 10 heteroatoms. The summed E-state index contributed by atoms with van der Waals surface area (Å²) in [7, 11) is -2.67. The third-order valence-corrected chi connectivity index (χ3v) is 7.36. The first-order valence-electron chi connectivity index (χ1n) is 11.6. The van der Waals surface area contributed by atoms with E-state index >= 15 is 0 Å². The summed E-state index contributed by atoms with van der Waals surface area (Å²) in [4.78, 5) is 25.1. The van der Waals surface area contributed by atoms with Crippen molar-refractivity contribution in [2.45, 2.75) is 49.5 Å². The molecule has 3 aromatic rings. The minimum absolute atomic E-state index is 0.00298. The van der Waals surface area contributed by atoms with Crippen molar-refractivity contribution in [2.75, 3.05) is 7.11 Å². The maximum absolute atomic E-state index is 14.1. The van der Waals surface area contributed by atoms with Gasteiger partial charge in [-0.05, 0) is 68.7 Å². The van der Waals surface area contributed by atoms with Crippen molar-refractivity contribution >= 4 is 21.9 Å². The van der Waals surface area contributed by atoms with Crippen molar-refractivity contribution < 1.29 is 36.3 Å². The summed E-state index contributed by atoms with van der Waals surface area (Å²) in [6, 6.07) is 14.9. The van der Waals surface area contributed by atoms with Gasteiger partial charge in [-0.2, -0.15) is 0 Å². The van der Waals surface area contributed by atoms with E-state index in [1.807, 2.05) is 0 Å². The first-order valence-corrected chi connectivity index (χ1v) is 13.3. The van der Waals surface area contributed by atoms with Crippen LogP contribution in [0.25, 0.3) is 11.1 Å². The number of carbonyl (C=O) groups excluding carboxylic acids is 2. The van der Waals surface area contributed by atoms with Crippen molar-refractivity contribution in [3.05, 3.63) is 89.5 Å². The highest BCUT2D eigenvalue weighted by atomic mass is 32.2. The average Bonchev–Trinajstić information content (AvgIpc) is 2.82. The molecule has 0 spiro atoms. The molecule has 1 unspecified atom stereocenters. The summed E-state index contributed by atoms with van der Waals surface area (Å²) in [5.41, 5.74) is -1.28. The second-order valence-electron chi connectivity index (χ2n) is 9.85. The number of nitrogens with one attached hydrogen (secondary N) is 1. The first-order chi connectivity index (χ1) is 17.6. The van der Waals surface area contributed by atoms with Crippen LogP contribution in [0.15, 0.2) is 71.6 Å². The molecule has 0 saturated carbocycles. The van der Waals surface area contributed by atoms with Crippen LogP contribution in [0, 0.1) is 11.6 Å². The fourth-order valence-electron chi connectivity index (χ4n) is 3.79. The molecule has 0 saturated heterocycles. The Kier molecular flexibility index (Phi) is 8.26. The summed E-state index contributed by atoms with van der Waals surface area (Å²) < 4.78 is 63.8. The van der Waals surface area contributed by atoms with Gasteiger partial charge in [0.05, 0.1) is 17.8 Å². The van der Waals surface area contributed by atoms with E-state index in [0.717, 1.165) is 12.1 Å². The van der Waals surface area contributed by atoms with Gasteiger partial charge in [0.25, 0.3) is 0 Å². The molecule has 0 aliphatic heterocycles. The molecule has 0 aliphatic carbocycles. The van der Waals surface area contributed by atoms with Gasteiger partial charge in [0.2, 0.25) is 0 Å². The molecule has 0 aromatic heterocycles. The average molecular weight is 546 g/mol. The number of alkyl carbamates (subject to hydrolysis) is 1. The summed E-state index contributed by atoms with van der Waals surface area (Å²) in [6.07, 6.45) is -0.846. The minimum atomic E-state index is -3.85. The summed E-state index contributed by atoms with van der Waals surface area (Å²) in [5, 5.41) is 2.53. The smallest absolute Gasteiger partial charge is 0.408 e. The molecule has 38 heavy (non-hydrogen) atoms. The molecule has 3 rings (SSSR count). The number of ether oxygens (including phenoxy) is 2. The fraction of sp³-hybridized carbons (Fsp3) is 0.286. The van der Waals surface area contributed by atoms with Gasteiger partial charge in [-0.15, -0.1) is 0 Å². The molecular weight excluding hydrogens is 516 g/mol. The molecule has 0 heterocycles. The van der Waals surface area contributed by atoms with E-state index in [9.17, 15) is 26.8 Å². The van der Waals surface area contributed by atoms with Gasteiger partial charge in [0.15, 0.2) is 15.4 Å². The maximum atomic E-state index is 14.1. The van der Waals surface area contributed by atoms with Gasteiger partial charge < -0.3 is 14.8 Å². The number of halogens is 2. The van der Waals surface area contributed by atoms with Crippen molar-refractivity contribution in [2.24, 2.45) is 0 Å². The highest BCUT2D eigenvalue weighted by Crippen LogP contribution is 2.28. The van der Waals surface area contributed by atoms with E-state index in [2.05, 4.69) is 5.32 Å².